The lowest BCUT2D eigenvalue weighted by Crippen LogP contribution is -2.44. The summed E-state index contributed by atoms with van der Waals surface area (Å²) in [5.41, 5.74) is 0.342. The summed E-state index contributed by atoms with van der Waals surface area (Å²) in [5.74, 6) is -3.53. The number of esters is 1. The van der Waals surface area contributed by atoms with Crippen LogP contribution >= 0.6 is 0 Å². The number of para-hydroxylation sites is 1. The molecule has 0 saturated carbocycles. The minimum Gasteiger partial charge on any atom is -0.462 e. The van der Waals surface area contributed by atoms with Gasteiger partial charge in [-0.05, 0) is 43.0 Å². The van der Waals surface area contributed by atoms with Gasteiger partial charge in [0.15, 0.2) is 11.6 Å². The number of nitrogens with one attached hydrogen (secondary N) is 1. The number of ether oxygens (including phenoxy) is 1. The highest BCUT2D eigenvalue weighted by Crippen LogP contribution is 2.23. The fourth-order valence-corrected chi connectivity index (χ4v) is 2.74. The number of rotatable bonds is 8. The van der Waals surface area contributed by atoms with E-state index in [4.69, 9.17) is 4.74 Å². The lowest BCUT2D eigenvalue weighted by atomic mass is 10.1. The molecule has 27 heavy (non-hydrogen) atoms. The second kappa shape index (κ2) is 8.45. The summed E-state index contributed by atoms with van der Waals surface area (Å²) in [4.78, 5) is 18.2. The maximum atomic E-state index is 13.5. The maximum Gasteiger partial charge on any atom is 0.338 e. The van der Waals surface area contributed by atoms with Crippen molar-refractivity contribution in [2.45, 2.75) is 25.0 Å². The molecule has 0 fully saturated rings. The van der Waals surface area contributed by atoms with E-state index in [2.05, 4.69) is 4.84 Å². The molecule has 0 radical (unpaired) electrons. The number of carbonyl (C=O) groups excluding carboxylic acids is 1. The molecule has 0 aromatic heterocycles. The van der Waals surface area contributed by atoms with Gasteiger partial charge in [-0.3, -0.25) is 0 Å². The molecule has 0 aliphatic rings. The van der Waals surface area contributed by atoms with Gasteiger partial charge < -0.3 is 9.57 Å². The second-order valence-corrected chi connectivity index (χ2v) is 8.53. The Kier molecular flexibility index (Phi) is 6.50. The van der Waals surface area contributed by atoms with Crippen LogP contribution in [0.25, 0.3) is 0 Å². The van der Waals surface area contributed by atoms with Crippen molar-refractivity contribution in [3.05, 3.63) is 65.7 Å². The summed E-state index contributed by atoms with van der Waals surface area (Å²) in [6.45, 7) is 2.56. The van der Waals surface area contributed by atoms with Crippen molar-refractivity contribution >= 4 is 16.0 Å². The number of carbonyl (C=O) groups is 1. The highest BCUT2D eigenvalue weighted by Gasteiger charge is 2.35. The van der Waals surface area contributed by atoms with E-state index in [1.165, 1.54) is 13.8 Å². The van der Waals surface area contributed by atoms with Crippen molar-refractivity contribution in [3.8, 4) is 5.75 Å². The first-order valence-electron chi connectivity index (χ1n) is 7.98. The highest BCUT2D eigenvalue weighted by atomic mass is 32.2. The molecule has 0 aliphatic heterocycles. The summed E-state index contributed by atoms with van der Waals surface area (Å²) in [7, 11) is -4.15. The number of hydrogen-bond acceptors (Lipinski definition) is 5. The minimum atomic E-state index is -4.15. The van der Waals surface area contributed by atoms with Crippen LogP contribution in [0, 0.1) is 11.6 Å². The van der Waals surface area contributed by atoms with Crippen LogP contribution in [0.15, 0.2) is 48.5 Å². The van der Waals surface area contributed by atoms with Crippen LogP contribution in [0.3, 0.4) is 0 Å². The maximum absolute atomic E-state index is 13.5. The predicted octanol–water partition coefficient (Wildman–Crippen LogP) is 3.20. The van der Waals surface area contributed by atoms with Gasteiger partial charge in [-0.1, -0.05) is 24.3 Å². The first-order chi connectivity index (χ1) is 12.6. The van der Waals surface area contributed by atoms with Crippen LogP contribution in [-0.2, 0) is 14.8 Å². The van der Waals surface area contributed by atoms with Crippen LogP contribution in [-0.4, -0.2) is 25.7 Å². The third-order valence-electron chi connectivity index (χ3n) is 3.85. The molecule has 0 heterocycles. The molecule has 6 nitrogen and oxygen atoms in total. The fourth-order valence-electron chi connectivity index (χ4n) is 1.97. The molecule has 146 valence electrons. The Morgan fingerprint density at radius 2 is 1.63 bits per heavy atom. The SMILES string of the molecule is CC(C)(CCOC(=O)c1ccccc1)S(=O)(=O)NOc1c(F)cccc1F. The van der Waals surface area contributed by atoms with E-state index in [0.29, 0.717) is 5.56 Å². The smallest absolute Gasteiger partial charge is 0.338 e. The first-order valence-corrected chi connectivity index (χ1v) is 9.47. The van der Waals surface area contributed by atoms with E-state index < -0.39 is 38.1 Å². The van der Waals surface area contributed by atoms with Crippen molar-refractivity contribution in [3.63, 3.8) is 0 Å². The lowest BCUT2D eigenvalue weighted by Gasteiger charge is -2.24. The number of halogens is 2. The van der Waals surface area contributed by atoms with E-state index in [1.807, 2.05) is 0 Å². The molecule has 0 aliphatic carbocycles. The van der Waals surface area contributed by atoms with Crippen LogP contribution in [0.1, 0.15) is 30.6 Å². The van der Waals surface area contributed by atoms with Crippen molar-refractivity contribution in [2.75, 3.05) is 6.61 Å². The highest BCUT2D eigenvalue weighted by molar-refractivity contribution is 7.90. The average Bonchev–Trinajstić information content (AvgIpc) is 2.61. The topological polar surface area (TPSA) is 81.7 Å². The Bertz CT molecular complexity index is 881. The summed E-state index contributed by atoms with van der Waals surface area (Å²) in [6, 6.07) is 11.2. The summed E-state index contributed by atoms with van der Waals surface area (Å²) in [5, 5.41) is 0. The van der Waals surface area contributed by atoms with E-state index >= 15 is 0 Å². The number of benzene rings is 2. The molecule has 0 spiro atoms. The zero-order valence-electron chi connectivity index (χ0n) is 14.7. The molecule has 0 bridgehead atoms. The molecule has 2 aromatic rings. The standard InChI is InChI=1S/C18H19F2NO5S/c1-18(2,11-12-25-17(22)13-7-4-3-5-8-13)27(23,24)21-26-16-14(19)9-6-10-15(16)20/h3-10,21H,11-12H2,1-2H3. The van der Waals surface area contributed by atoms with E-state index in [1.54, 1.807) is 35.2 Å². The predicted molar refractivity (Wildman–Crippen MR) is 94.5 cm³/mol. The zero-order valence-corrected chi connectivity index (χ0v) is 15.6. The van der Waals surface area contributed by atoms with Gasteiger partial charge in [-0.15, -0.1) is 0 Å². The lowest BCUT2D eigenvalue weighted by molar-refractivity contribution is 0.0491. The van der Waals surface area contributed by atoms with E-state index in [0.717, 1.165) is 18.2 Å². The van der Waals surface area contributed by atoms with Gasteiger partial charge in [-0.2, -0.15) is 0 Å². The van der Waals surface area contributed by atoms with Crippen LogP contribution in [0.2, 0.25) is 0 Å². The fraction of sp³-hybridized carbons (Fsp3) is 0.278. The molecular formula is C18H19F2NO5S. The van der Waals surface area contributed by atoms with Gasteiger partial charge >= 0.3 is 5.97 Å². The van der Waals surface area contributed by atoms with Gasteiger partial charge in [0.25, 0.3) is 0 Å². The molecule has 9 heteroatoms. The first kappa shape index (κ1) is 20.8. The van der Waals surface area contributed by atoms with E-state index in [-0.39, 0.29) is 13.0 Å². The Labute approximate surface area is 156 Å². The number of hydrogen-bond donors (Lipinski definition) is 1. The van der Waals surface area contributed by atoms with Gasteiger partial charge in [0, 0.05) is 6.42 Å². The number of sulfonamides is 1. The Balaban J connectivity index is 1.94. The van der Waals surface area contributed by atoms with Gasteiger partial charge in [0.1, 0.15) is 0 Å². The van der Waals surface area contributed by atoms with Gasteiger partial charge in [-0.25, -0.2) is 22.0 Å². The van der Waals surface area contributed by atoms with Crippen molar-refractivity contribution < 1.29 is 31.6 Å². The van der Waals surface area contributed by atoms with Crippen LogP contribution in [0.5, 0.6) is 5.75 Å². The molecule has 0 saturated heterocycles. The summed E-state index contributed by atoms with van der Waals surface area (Å²) in [6.07, 6.45) is -0.0655. The summed E-state index contributed by atoms with van der Waals surface area (Å²) >= 11 is 0. The third kappa shape index (κ3) is 5.24. The van der Waals surface area contributed by atoms with Gasteiger partial charge in [0.2, 0.25) is 15.8 Å². The molecule has 2 aromatic carbocycles. The van der Waals surface area contributed by atoms with Crippen molar-refractivity contribution in [1.82, 2.24) is 4.89 Å². The second-order valence-electron chi connectivity index (χ2n) is 6.25. The molecule has 0 unspecified atom stereocenters. The summed E-state index contributed by atoms with van der Waals surface area (Å²) < 4.78 is 55.4. The van der Waals surface area contributed by atoms with E-state index in [9.17, 15) is 22.0 Å². The van der Waals surface area contributed by atoms with Crippen molar-refractivity contribution in [1.29, 1.82) is 0 Å². The molecular weight excluding hydrogens is 380 g/mol. The minimum absolute atomic E-state index is 0.0655. The Hall–Kier alpha value is -2.52. The normalized spacial score (nSPS) is 11.9. The van der Waals surface area contributed by atoms with Gasteiger partial charge in [0.05, 0.1) is 16.9 Å². The Morgan fingerprint density at radius 3 is 2.22 bits per heavy atom. The third-order valence-corrected chi connectivity index (χ3v) is 5.81. The molecule has 1 N–H and O–H groups in total. The monoisotopic (exact) mass is 399 g/mol. The average molecular weight is 399 g/mol. The molecule has 0 amide bonds. The Morgan fingerprint density at radius 1 is 1.04 bits per heavy atom. The zero-order chi connectivity index (χ0) is 20.1. The van der Waals surface area contributed by atoms with Crippen LogP contribution in [0.4, 0.5) is 8.78 Å². The largest absolute Gasteiger partial charge is 0.462 e. The molecule has 0 atom stereocenters. The van der Waals surface area contributed by atoms with Crippen LogP contribution < -0.4 is 9.72 Å². The van der Waals surface area contributed by atoms with Crippen molar-refractivity contribution in [2.24, 2.45) is 0 Å². The quantitative estimate of drug-likeness (QED) is 0.545. The molecule has 2 rings (SSSR count).